The van der Waals surface area contributed by atoms with Crippen molar-refractivity contribution < 1.29 is 23.6 Å². The number of aromatic nitrogens is 1. The van der Waals surface area contributed by atoms with E-state index < -0.39 is 18.4 Å². The number of esters is 1. The van der Waals surface area contributed by atoms with Crippen LogP contribution < -0.4 is 4.57 Å². The standard InChI is InChI=1S/C10H12NO4/c1-8(12)14-9(2)15-10(13)11-6-4-3-5-7-11/h3-7,9H,1-2H3/q+1. The largest absolute Gasteiger partial charge is 0.605 e. The van der Waals surface area contributed by atoms with Crippen LogP contribution in [0.1, 0.15) is 13.8 Å². The van der Waals surface area contributed by atoms with Crippen molar-refractivity contribution >= 4 is 12.1 Å². The number of rotatable bonds is 2. The van der Waals surface area contributed by atoms with E-state index >= 15 is 0 Å². The number of hydrogen-bond donors (Lipinski definition) is 0. The predicted octanol–water partition coefficient (Wildman–Crippen LogP) is 0.868. The second-order valence-corrected chi connectivity index (χ2v) is 2.84. The van der Waals surface area contributed by atoms with Crippen molar-refractivity contribution in [2.75, 3.05) is 0 Å². The molecule has 1 heterocycles. The molecule has 0 saturated carbocycles. The normalized spacial score (nSPS) is 11.6. The topological polar surface area (TPSA) is 56.5 Å². The Balaban J connectivity index is 2.53. The molecule has 0 N–H and O–H groups in total. The van der Waals surface area contributed by atoms with Crippen molar-refractivity contribution in [3.05, 3.63) is 30.6 Å². The summed E-state index contributed by atoms with van der Waals surface area (Å²) in [7, 11) is 0. The van der Waals surface area contributed by atoms with E-state index in [1.807, 2.05) is 0 Å². The van der Waals surface area contributed by atoms with Gasteiger partial charge in [-0.25, -0.2) is 0 Å². The summed E-state index contributed by atoms with van der Waals surface area (Å²) in [4.78, 5) is 21.9. The highest BCUT2D eigenvalue weighted by molar-refractivity contribution is 5.66. The number of carbonyl (C=O) groups is 2. The van der Waals surface area contributed by atoms with Crippen molar-refractivity contribution in [3.8, 4) is 0 Å². The Labute approximate surface area is 87.2 Å². The number of nitrogens with zero attached hydrogens (tertiary/aromatic N) is 1. The molecule has 5 nitrogen and oxygen atoms in total. The van der Waals surface area contributed by atoms with Gasteiger partial charge in [-0.3, -0.25) is 4.79 Å². The second-order valence-electron chi connectivity index (χ2n) is 2.84. The summed E-state index contributed by atoms with van der Waals surface area (Å²) in [6.45, 7) is 2.72. The molecule has 1 aromatic heterocycles. The molecule has 0 bridgehead atoms. The first-order valence-corrected chi connectivity index (χ1v) is 4.44. The van der Waals surface area contributed by atoms with E-state index in [0.29, 0.717) is 0 Å². The molecule has 0 spiro atoms. The number of carbonyl (C=O) groups excluding carboxylic acids is 2. The van der Waals surface area contributed by atoms with Gasteiger partial charge >= 0.3 is 12.1 Å². The molecule has 0 fully saturated rings. The van der Waals surface area contributed by atoms with Crippen LogP contribution in [-0.2, 0) is 14.3 Å². The van der Waals surface area contributed by atoms with Crippen LogP contribution in [0.15, 0.2) is 30.6 Å². The molecule has 1 rings (SSSR count). The molecule has 0 aromatic carbocycles. The predicted molar refractivity (Wildman–Crippen MR) is 49.7 cm³/mol. The first-order chi connectivity index (χ1) is 7.09. The Morgan fingerprint density at radius 2 is 1.73 bits per heavy atom. The maximum atomic E-state index is 11.4. The zero-order valence-corrected chi connectivity index (χ0v) is 8.54. The lowest BCUT2D eigenvalue weighted by atomic mass is 10.5. The summed E-state index contributed by atoms with van der Waals surface area (Å²) < 4.78 is 10.7. The van der Waals surface area contributed by atoms with Crippen LogP contribution in [0.4, 0.5) is 4.79 Å². The molecule has 80 valence electrons. The first-order valence-electron chi connectivity index (χ1n) is 4.44. The van der Waals surface area contributed by atoms with Gasteiger partial charge < -0.3 is 9.47 Å². The molecule has 1 unspecified atom stereocenters. The third-order valence-corrected chi connectivity index (χ3v) is 1.53. The van der Waals surface area contributed by atoms with Gasteiger partial charge in [0, 0.05) is 26.0 Å². The van der Waals surface area contributed by atoms with Crippen LogP contribution >= 0.6 is 0 Å². The quantitative estimate of drug-likeness (QED) is 0.413. The summed E-state index contributed by atoms with van der Waals surface area (Å²) in [5.74, 6) is -0.492. The second kappa shape index (κ2) is 5.09. The maximum absolute atomic E-state index is 11.4. The smallest absolute Gasteiger partial charge is 0.425 e. The SMILES string of the molecule is CC(=O)OC(C)OC(=O)[n+]1ccccc1. The molecule has 15 heavy (non-hydrogen) atoms. The number of ether oxygens (including phenoxy) is 2. The highest BCUT2D eigenvalue weighted by Crippen LogP contribution is 1.94. The van der Waals surface area contributed by atoms with E-state index in [1.54, 1.807) is 30.6 Å². The van der Waals surface area contributed by atoms with Gasteiger partial charge in [0.1, 0.15) is 0 Å². The van der Waals surface area contributed by atoms with Crippen LogP contribution in [0, 0.1) is 0 Å². The van der Waals surface area contributed by atoms with Gasteiger partial charge in [-0.1, -0.05) is 10.6 Å². The molecular formula is C10H12NO4+. The van der Waals surface area contributed by atoms with Gasteiger partial charge in [0.05, 0.1) is 0 Å². The Kier molecular flexibility index (Phi) is 3.79. The van der Waals surface area contributed by atoms with E-state index in [1.165, 1.54) is 18.4 Å². The third kappa shape index (κ3) is 3.76. The Morgan fingerprint density at radius 3 is 2.27 bits per heavy atom. The van der Waals surface area contributed by atoms with E-state index in [-0.39, 0.29) is 0 Å². The van der Waals surface area contributed by atoms with Gasteiger partial charge in [0.2, 0.25) is 0 Å². The lowest BCUT2D eigenvalue weighted by Gasteiger charge is -2.08. The van der Waals surface area contributed by atoms with E-state index in [4.69, 9.17) is 4.74 Å². The van der Waals surface area contributed by atoms with Crippen molar-refractivity contribution in [2.24, 2.45) is 0 Å². The van der Waals surface area contributed by atoms with Crippen LogP contribution in [-0.4, -0.2) is 18.4 Å². The first kappa shape index (κ1) is 11.2. The highest BCUT2D eigenvalue weighted by Gasteiger charge is 2.20. The Bertz CT molecular complexity index is 350. The minimum atomic E-state index is -0.886. The number of pyridine rings is 1. The molecule has 0 aliphatic rings. The zero-order chi connectivity index (χ0) is 11.3. The minimum Gasteiger partial charge on any atom is -0.425 e. The van der Waals surface area contributed by atoms with Gasteiger partial charge in [0.25, 0.3) is 6.29 Å². The summed E-state index contributed by atoms with van der Waals surface area (Å²) in [6, 6.07) is 5.16. The maximum Gasteiger partial charge on any atom is 0.605 e. The fourth-order valence-corrected chi connectivity index (χ4v) is 0.981. The molecule has 0 amide bonds. The average Bonchev–Trinajstić information content (AvgIpc) is 2.17. The molecule has 5 heteroatoms. The molecule has 1 atom stereocenters. The van der Waals surface area contributed by atoms with Crippen LogP contribution in [0.3, 0.4) is 0 Å². The summed E-state index contributed by atoms with van der Waals surface area (Å²) >= 11 is 0. The molecule has 1 aromatic rings. The Hall–Kier alpha value is -1.91. The number of hydrogen-bond acceptors (Lipinski definition) is 4. The Morgan fingerprint density at radius 1 is 1.13 bits per heavy atom. The monoisotopic (exact) mass is 210 g/mol. The van der Waals surface area contributed by atoms with Crippen molar-refractivity contribution in [3.63, 3.8) is 0 Å². The summed E-state index contributed by atoms with van der Waals surface area (Å²) in [5, 5.41) is 0. The summed E-state index contributed by atoms with van der Waals surface area (Å²) in [6.07, 6.45) is 1.61. The minimum absolute atomic E-state index is 0.492. The molecule has 0 saturated heterocycles. The van der Waals surface area contributed by atoms with Gasteiger partial charge in [-0.05, 0) is 0 Å². The highest BCUT2D eigenvalue weighted by atomic mass is 16.7. The van der Waals surface area contributed by atoms with Crippen molar-refractivity contribution in [1.82, 2.24) is 0 Å². The molecular weight excluding hydrogens is 198 g/mol. The summed E-state index contributed by atoms with van der Waals surface area (Å²) in [5.41, 5.74) is 0. The third-order valence-electron chi connectivity index (χ3n) is 1.53. The van der Waals surface area contributed by atoms with E-state index in [9.17, 15) is 9.59 Å². The fourth-order valence-electron chi connectivity index (χ4n) is 0.981. The lowest BCUT2D eigenvalue weighted by Crippen LogP contribution is -2.44. The fraction of sp³-hybridized carbons (Fsp3) is 0.300. The van der Waals surface area contributed by atoms with Crippen LogP contribution in [0.25, 0.3) is 0 Å². The van der Waals surface area contributed by atoms with E-state index in [2.05, 4.69) is 4.74 Å². The average molecular weight is 210 g/mol. The van der Waals surface area contributed by atoms with Crippen LogP contribution in [0.2, 0.25) is 0 Å². The van der Waals surface area contributed by atoms with Gasteiger partial charge in [0.15, 0.2) is 12.4 Å². The molecule has 0 aliphatic heterocycles. The van der Waals surface area contributed by atoms with E-state index in [0.717, 1.165) is 0 Å². The van der Waals surface area contributed by atoms with Crippen molar-refractivity contribution in [2.45, 2.75) is 20.1 Å². The van der Waals surface area contributed by atoms with Gasteiger partial charge in [-0.15, -0.1) is 0 Å². The van der Waals surface area contributed by atoms with Crippen molar-refractivity contribution in [1.29, 1.82) is 0 Å². The molecule has 0 aliphatic carbocycles. The van der Waals surface area contributed by atoms with Gasteiger partial charge in [-0.2, -0.15) is 4.79 Å². The zero-order valence-electron chi connectivity index (χ0n) is 8.54. The molecule has 0 radical (unpaired) electrons. The lowest BCUT2D eigenvalue weighted by molar-refractivity contribution is -0.588. The van der Waals surface area contributed by atoms with Crippen LogP contribution in [0.5, 0.6) is 0 Å².